The molecular weight excluding hydrogens is 328 g/mol. The quantitative estimate of drug-likeness (QED) is 0.862. The van der Waals surface area contributed by atoms with E-state index in [-0.39, 0.29) is 23.6 Å². The van der Waals surface area contributed by atoms with Gasteiger partial charge in [-0.2, -0.15) is 0 Å². The molecule has 0 radical (unpaired) electrons. The molecule has 2 atom stereocenters. The molecule has 6 nitrogen and oxygen atoms in total. The number of nitrogens with one attached hydrogen (secondary N) is 1. The average Bonchev–Trinajstić information content (AvgIpc) is 2.85. The molecule has 0 saturated carbocycles. The molecule has 1 N–H and O–H groups in total. The van der Waals surface area contributed by atoms with Crippen LogP contribution in [0.3, 0.4) is 0 Å². The monoisotopic (exact) mass is 346 g/mol. The van der Waals surface area contributed by atoms with E-state index in [0.717, 1.165) is 0 Å². The van der Waals surface area contributed by atoms with Gasteiger partial charge in [0, 0.05) is 30.6 Å². The molecule has 0 aliphatic carbocycles. The van der Waals surface area contributed by atoms with Crippen LogP contribution in [0.4, 0.5) is 0 Å². The van der Waals surface area contributed by atoms with Crippen LogP contribution in [0, 0.1) is 5.92 Å². The molecule has 122 valence electrons. The third-order valence-electron chi connectivity index (χ3n) is 3.60. The van der Waals surface area contributed by atoms with E-state index < -0.39 is 10.0 Å². The molecule has 0 spiro atoms. The van der Waals surface area contributed by atoms with Crippen LogP contribution < -0.4 is 5.32 Å². The molecule has 0 aromatic heterocycles. The fourth-order valence-corrected chi connectivity index (χ4v) is 3.49. The van der Waals surface area contributed by atoms with E-state index >= 15 is 0 Å². The second-order valence-corrected chi connectivity index (χ2v) is 8.11. The highest BCUT2D eigenvalue weighted by molar-refractivity contribution is 7.89. The van der Waals surface area contributed by atoms with Crippen molar-refractivity contribution in [3.63, 3.8) is 0 Å². The largest absolute Gasteiger partial charge is 0.379 e. The van der Waals surface area contributed by atoms with Crippen molar-refractivity contribution >= 4 is 27.5 Å². The Bertz CT molecular complexity index is 631. The van der Waals surface area contributed by atoms with Crippen molar-refractivity contribution in [1.82, 2.24) is 9.62 Å². The van der Waals surface area contributed by atoms with Crippen molar-refractivity contribution in [2.24, 2.45) is 5.92 Å². The van der Waals surface area contributed by atoms with Crippen LogP contribution in [0.25, 0.3) is 0 Å². The number of hydrogen-bond donors (Lipinski definition) is 1. The van der Waals surface area contributed by atoms with Crippen LogP contribution in [0.5, 0.6) is 0 Å². The zero-order chi connectivity index (χ0) is 16.3. The number of sulfonamides is 1. The van der Waals surface area contributed by atoms with Crippen molar-refractivity contribution < 1.29 is 17.9 Å². The third-order valence-corrected chi connectivity index (χ3v) is 5.82. The Labute approximate surface area is 135 Å². The van der Waals surface area contributed by atoms with E-state index in [0.29, 0.717) is 23.8 Å². The van der Waals surface area contributed by atoms with Gasteiger partial charge in [0.2, 0.25) is 10.0 Å². The first-order valence-electron chi connectivity index (χ1n) is 6.84. The number of benzene rings is 1. The number of halogens is 1. The summed E-state index contributed by atoms with van der Waals surface area (Å²) in [7, 11) is -0.351. The number of rotatable bonds is 5. The summed E-state index contributed by atoms with van der Waals surface area (Å²) in [5, 5.41) is 3.39. The normalized spacial score (nSPS) is 22.0. The smallest absolute Gasteiger partial charge is 0.251 e. The van der Waals surface area contributed by atoms with E-state index in [1.807, 2.05) is 0 Å². The first kappa shape index (κ1) is 17.2. The summed E-state index contributed by atoms with van der Waals surface area (Å²) < 4.78 is 30.5. The summed E-state index contributed by atoms with van der Waals surface area (Å²) >= 11 is 5.79. The van der Waals surface area contributed by atoms with Gasteiger partial charge in [0.25, 0.3) is 5.91 Å². The summed E-state index contributed by atoms with van der Waals surface area (Å²) in [6.45, 7) is 0.631. The molecule has 1 amide bonds. The van der Waals surface area contributed by atoms with E-state index in [9.17, 15) is 13.2 Å². The molecule has 22 heavy (non-hydrogen) atoms. The molecule has 2 rings (SSSR count). The second kappa shape index (κ2) is 6.95. The molecule has 1 aliphatic heterocycles. The molecule has 8 heteroatoms. The molecule has 0 bridgehead atoms. The molecular formula is C14H19ClN2O4S. The molecule has 1 heterocycles. The predicted octanol–water partition coefficient (Wildman–Crippen LogP) is 0.976. The highest BCUT2D eigenvalue weighted by Gasteiger charge is 2.34. The van der Waals surface area contributed by atoms with Crippen molar-refractivity contribution in [1.29, 1.82) is 0 Å². The van der Waals surface area contributed by atoms with Crippen molar-refractivity contribution in [3.8, 4) is 0 Å². The summed E-state index contributed by atoms with van der Waals surface area (Å²) in [5.74, 6) is -0.575. The molecule has 1 saturated heterocycles. The Balaban J connectivity index is 2.02. The first-order chi connectivity index (χ1) is 10.3. The predicted molar refractivity (Wildman–Crippen MR) is 84.5 cm³/mol. The lowest BCUT2D eigenvalue weighted by Gasteiger charge is -2.21. The summed E-state index contributed by atoms with van der Waals surface area (Å²) in [6.07, 6.45) is 0. The number of nitrogens with zero attached hydrogens (tertiary/aromatic N) is 1. The van der Waals surface area contributed by atoms with Gasteiger partial charge in [-0.3, -0.25) is 4.79 Å². The van der Waals surface area contributed by atoms with E-state index in [1.165, 1.54) is 18.4 Å². The van der Waals surface area contributed by atoms with Crippen LogP contribution >= 0.6 is 11.6 Å². The van der Waals surface area contributed by atoms with Crippen molar-refractivity contribution in [2.75, 3.05) is 33.1 Å². The fraction of sp³-hybridized carbons (Fsp3) is 0.500. The molecule has 1 aliphatic rings. The minimum absolute atomic E-state index is 0.0500. The van der Waals surface area contributed by atoms with Crippen LogP contribution in [0.15, 0.2) is 24.3 Å². The molecule has 0 unspecified atom stereocenters. The average molecular weight is 347 g/mol. The van der Waals surface area contributed by atoms with E-state index in [4.69, 9.17) is 16.3 Å². The zero-order valence-electron chi connectivity index (χ0n) is 12.5. The molecule has 1 aromatic rings. The van der Waals surface area contributed by atoms with E-state index in [2.05, 4.69) is 5.32 Å². The minimum atomic E-state index is -3.34. The van der Waals surface area contributed by atoms with Crippen LogP contribution in [0.1, 0.15) is 10.4 Å². The number of carbonyl (C=O) groups excluding carboxylic acids is 1. The third kappa shape index (κ3) is 4.19. The molecule has 1 fully saturated rings. The lowest BCUT2D eigenvalue weighted by molar-refractivity contribution is 0.0926. The lowest BCUT2D eigenvalue weighted by atomic mass is 10.1. The van der Waals surface area contributed by atoms with Gasteiger partial charge in [0.1, 0.15) is 0 Å². The first-order valence-corrected chi connectivity index (χ1v) is 8.82. The van der Waals surface area contributed by atoms with Gasteiger partial charge in [0.05, 0.1) is 25.0 Å². The van der Waals surface area contributed by atoms with Gasteiger partial charge in [-0.05, 0) is 24.3 Å². The van der Waals surface area contributed by atoms with Gasteiger partial charge in [0.15, 0.2) is 0 Å². The zero-order valence-corrected chi connectivity index (χ0v) is 14.0. The Hall–Kier alpha value is -1.15. The number of hydrogen-bond acceptors (Lipinski definition) is 4. The van der Waals surface area contributed by atoms with Gasteiger partial charge in [-0.25, -0.2) is 12.7 Å². The number of amides is 1. The highest BCUT2D eigenvalue weighted by atomic mass is 35.5. The standard InChI is InChI=1S/C14H19ClN2O4S/c1-17(2)22(19,20)9-11-7-21-8-13(11)16-14(18)10-3-5-12(15)6-4-10/h3-6,11,13H,7-9H2,1-2H3,(H,16,18)/t11-,13+/m0/s1. The summed E-state index contributed by atoms with van der Waals surface area (Å²) in [5.41, 5.74) is 0.477. The lowest BCUT2D eigenvalue weighted by Crippen LogP contribution is -2.43. The van der Waals surface area contributed by atoms with Crippen LogP contribution in [-0.4, -0.2) is 57.7 Å². The maximum Gasteiger partial charge on any atom is 0.251 e. The Morgan fingerprint density at radius 3 is 2.55 bits per heavy atom. The van der Waals surface area contributed by atoms with Crippen LogP contribution in [0.2, 0.25) is 5.02 Å². The van der Waals surface area contributed by atoms with Gasteiger partial charge < -0.3 is 10.1 Å². The van der Waals surface area contributed by atoms with Crippen molar-refractivity contribution in [2.45, 2.75) is 6.04 Å². The summed E-state index contributed by atoms with van der Waals surface area (Å²) in [4.78, 5) is 12.2. The topological polar surface area (TPSA) is 75.7 Å². The van der Waals surface area contributed by atoms with Crippen LogP contribution in [-0.2, 0) is 14.8 Å². The number of carbonyl (C=O) groups is 1. The van der Waals surface area contributed by atoms with Gasteiger partial charge in [-0.15, -0.1) is 0 Å². The maximum absolute atomic E-state index is 12.2. The SMILES string of the molecule is CN(C)S(=O)(=O)C[C@@H]1COC[C@H]1NC(=O)c1ccc(Cl)cc1. The second-order valence-electron chi connectivity index (χ2n) is 5.45. The van der Waals surface area contributed by atoms with Gasteiger partial charge >= 0.3 is 0 Å². The molecule has 1 aromatic carbocycles. The minimum Gasteiger partial charge on any atom is -0.379 e. The maximum atomic E-state index is 12.2. The number of ether oxygens (including phenoxy) is 1. The Morgan fingerprint density at radius 1 is 1.32 bits per heavy atom. The van der Waals surface area contributed by atoms with E-state index in [1.54, 1.807) is 24.3 Å². The fourth-order valence-electron chi connectivity index (χ4n) is 2.19. The highest BCUT2D eigenvalue weighted by Crippen LogP contribution is 2.18. The Kier molecular flexibility index (Phi) is 5.44. The van der Waals surface area contributed by atoms with Crippen molar-refractivity contribution in [3.05, 3.63) is 34.9 Å². The summed E-state index contributed by atoms with van der Waals surface area (Å²) in [6, 6.07) is 6.20. The Morgan fingerprint density at radius 2 is 1.95 bits per heavy atom. The van der Waals surface area contributed by atoms with Gasteiger partial charge in [-0.1, -0.05) is 11.6 Å².